The van der Waals surface area contributed by atoms with E-state index in [2.05, 4.69) is 17.3 Å². The van der Waals surface area contributed by atoms with Gasteiger partial charge in [-0.2, -0.15) is 5.10 Å². The van der Waals surface area contributed by atoms with Gasteiger partial charge in [0.1, 0.15) is 5.82 Å². The van der Waals surface area contributed by atoms with Crippen molar-refractivity contribution < 1.29 is 4.74 Å². The van der Waals surface area contributed by atoms with Crippen LogP contribution in [0.2, 0.25) is 0 Å². The van der Waals surface area contributed by atoms with Crippen molar-refractivity contribution in [3.8, 4) is 0 Å². The monoisotopic (exact) mass is 210 g/mol. The SMILES string of the molecule is Cc1nn(C)c(NC2(C)CCOC2)c1N. The zero-order chi connectivity index (χ0) is 11.1. The summed E-state index contributed by atoms with van der Waals surface area (Å²) in [5.41, 5.74) is 7.53. The minimum atomic E-state index is -0.0195. The number of nitrogens with one attached hydrogen (secondary N) is 1. The largest absolute Gasteiger partial charge is 0.394 e. The average molecular weight is 210 g/mol. The Morgan fingerprint density at radius 2 is 2.33 bits per heavy atom. The number of ether oxygens (including phenoxy) is 1. The van der Waals surface area contributed by atoms with Crippen LogP contribution in [-0.2, 0) is 11.8 Å². The quantitative estimate of drug-likeness (QED) is 0.761. The first-order valence-electron chi connectivity index (χ1n) is 5.17. The number of aromatic nitrogens is 2. The maximum Gasteiger partial charge on any atom is 0.148 e. The van der Waals surface area contributed by atoms with Crippen molar-refractivity contribution in [1.82, 2.24) is 9.78 Å². The van der Waals surface area contributed by atoms with Crippen LogP contribution in [0, 0.1) is 6.92 Å². The first kappa shape index (κ1) is 10.3. The van der Waals surface area contributed by atoms with Crippen molar-refractivity contribution in [3.63, 3.8) is 0 Å². The lowest BCUT2D eigenvalue weighted by Gasteiger charge is -2.25. The lowest BCUT2D eigenvalue weighted by molar-refractivity contribution is 0.185. The molecule has 0 aliphatic carbocycles. The van der Waals surface area contributed by atoms with Gasteiger partial charge in [0.2, 0.25) is 0 Å². The average Bonchev–Trinajstić information content (AvgIpc) is 2.68. The van der Waals surface area contributed by atoms with Crippen LogP contribution in [0.3, 0.4) is 0 Å². The van der Waals surface area contributed by atoms with E-state index in [9.17, 15) is 0 Å². The van der Waals surface area contributed by atoms with Gasteiger partial charge < -0.3 is 15.8 Å². The number of hydrogen-bond acceptors (Lipinski definition) is 4. The Morgan fingerprint density at radius 1 is 1.60 bits per heavy atom. The van der Waals surface area contributed by atoms with Gasteiger partial charge in [-0.25, -0.2) is 0 Å². The second-order valence-corrected chi connectivity index (χ2v) is 4.46. The Labute approximate surface area is 89.6 Å². The molecule has 1 aromatic heterocycles. The Morgan fingerprint density at radius 3 is 2.80 bits per heavy atom. The van der Waals surface area contributed by atoms with Crippen LogP contribution in [0.15, 0.2) is 0 Å². The molecule has 1 fully saturated rings. The smallest absolute Gasteiger partial charge is 0.148 e. The van der Waals surface area contributed by atoms with Crippen LogP contribution >= 0.6 is 0 Å². The number of rotatable bonds is 2. The fourth-order valence-corrected chi connectivity index (χ4v) is 1.87. The first-order valence-corrected chi connectivity index (χ1v) is 5.17. The van der Waals surface area contributed by atoms with Crippen LogP contribution in [0.1, 0.15) is 19.0 Å². The zero-order valence-corrected chi connectivity index (χ0v) is 9.50. The van der Waals surface area contributed by atoms with E-state index >= 15 is 0 Å². The molecule has 1 aliphatic heterocycles. The van der Waals surface area contributed by atoms with Gasteiger partial charge in [0.05, 0.1) is 23.5 Å². The molecule has 1 atom stereocenters. The first-order chi connectivity index (χ1) is 7.02. The second kappa shape index (κ2) is 3.41. The van der Waals surface area contributed by atoms with Crippen LogP contribution < -0.4 is 11.1 Å². The molecule has 0 spiro atoms. The van der Waals surface area contributed by atoms with Crippen LogP contribution in [0.4, 0.5) is 11.5 Å². The molecule has 2 rings (SSSR count). The molecule has 1 aliphatic rings. The van der Waals surface area contributed by atoms with Crippen LogP contribution in [0.5, 0.6) is 0 Å². The summed E-state index contributed by atoms with van der Waals surface area (Å²) in [5.74, 6) is 0.889. The van der Waals surface area contributed by atoms with Crippen molar-refractivity contribution in [2.45, 2.75) is 25.8 Å². The van der Waals surface area contributed by atoms with E-state index < -0.39 is 0 Å². The molecule has 84 valence electrons. The molecule has 5 heteroatoms. The third-order valence-electron chi connectivity index (χ3n) is 2.91. The van der Waals surface area contributed by atoms with Crippen molar-refractivity contribution in [1.29, 1.82) is 0 Å². The molecule has 5 nitrogen and oxygen atoms in total. The maximum absolute atomic E-state index is 5.95. The Balaban J connectivity index is 2.23. The molecular weight excluding hydrogens is 192 g/mol. The van der Waals surface area contributed by atoms with Gasteiger partial charge in [-0.1, -0.05) is 0 Å². The lowest BCUT2D eigenvalue weighted by atomic mass is 10.0. The molecule has 0 radical (unpaired) electrons. The molecule has 0 bridgehead atoms. The molecular formula is C10H18N4O. The van der Waals surface area contributed by atoms with Gasteiger partial charge in [-0.3, -0.25) is 4.68 Å². The minimum Gasteiger partial charge on any atom is -0.394 e. The summed E-state index contributed by atoms with van der Waals surface area (Å²) < 4.78 is 7.17. The van der Waals surface area contributed by atoms with Gasteiger partial charge in [-0.05, 0) is 20.3 Å². The fraction of sp³-hybridized carbons (Fsp3) is 0.700. The van der Waals surface area contributed by atoms with Gasteiger partial charge in [0, 0.05) is 13.7 Å². The molecule has 0 saturated carbocycles. The van der Waals surface area contributed by atoms with E-state index in [-0.39, 0.29) is 5.54 Å². The van der Waals surface area contributed by atoms with Gasteiger partial charge in [-0.15, -0.1) is 0 Å². The number of anilines is 2. The summed E-state index contributed by atoms with van der Waals surface area (Å²) in [6.07, 6.45) is 0.997. The topological polar surface area (TPSA) is 65.1 Å². The normalized spacial score (nSPS) is 25.8. The summed E-state index contributed by atoms with van der Waals surface area (Å²) in [6.45, 7) is 5.58. The summed E-state index contributed by atoms with van der Waals surface area (Å²) >= 11 is 0. The van der Waals surface area contributed by atoms with E-state index in [1.165, 1.54) is 0 Å². The van der Waals surface area contributed by atoms with E-state index in [0.29, 0.717) is 0 Å². The van der Waals surface area contributed by atoms with Crippen LogP contribution in [-0.4, -0.2) is 28.5 Å². The van der Waals surface area contributed by atoms with Crippen LogP contribution in [0.25, 0.3) is 0 Å². The van der Waals surface area contributed by atoms with Crippen molar-refractivity contribution in [2.24, 2.45) is 7.05 Å². The summed E-state index contributed by atoms with van der Waals surface area (Å²) in [6, 6.07) is 0. The van der Waals surface area contributed by atoms with Gasteiger partial charge in [0.25, 0.3) is 0 Å². The molecule has 1 unspecified atom stereocenters. The number of hydrogen-bond donors (Lipinski definition) is 2. The summed E-state index contributed by atoms with van der Waals surface area (Å²) in [4.78, 5) is 0. The Bertz CT molecular complexity index is 366. The molecule has 0 amide bonds. The standard InChI is InChI=1S/C10H18N4O/c1-7-8(11)9(14(3)13-7)12-10(2)4-5-15-6-10/h12H,4-6,11H2,1-3H3. The lowest BCUT2D eigenvalue weighted by Crippen LogP contribution is -2.36. The highest BCUT2D eigenvalue weighted by molar-refractivity contribution is 5.65. The van der Waals surface area contributed by atoms with Gasteiger partial charge >= 0.3 is 0 Å². The Kier molecular flexibility index (Phi) is 2.34. The third-order valence-corrected chi connectivity index (χ3v) is 2.91. The van der Waals surface area contributed by atoms with E-state index in [1.807, 2.05) is 14.0 Å². The highest BCUT2D eigenvalue weighted by Crippen LogP contribution is 2.28. The molecule has 2 heterocycles. The molecule has 0 aromatic carbocycles. The van der Waals surface area contributed by atoms with Gasteiger partial charge in [0.15, 0.2) is 0 Å². The van der Waals surface area contributed by atoms with Crippen molar-refractivity contribution >= 4 is 11.5 Å². The highest BCUT2D eigenvalue weighted by atomic mass is 16.5. The maximum atomic E-state index is 5.95. The number of nitrogen functional groups attached to an aromatic ring is 1. The minimum absolute atomic E-state index is 0.0195. The number of nitrogens with two attached hydrogens (primary N) is 1. The van der Waals surface area contributed by atoms with E-state index in [0.717, 1.165) is 36.8 Å². The molecule has 1 saturated heterocycles. The highest BCUT2D eigenvalue weighted by Gasteiger charge is 2.31. The number of aryl methyl sites for hydroxylation is 2. The molecule has 1 aromatic rings. The predicted octanol–water partition coefficient (Wildman–Crippen LogP) is 0.902. The Hall–Kier alpha value is -1.23. The van der Waals surface area contributed by atoms with E-state index in [4.69, 9.17) is 10.5 Å². The van der Waals surface area contributed by atoms with E-state index in [1.54, 1.807) is 4.68 Å². The van der Waals surface area contributed by atoms with Crippen molar-refractivity contribution in [2.75, 3.05) is 24.3 Å². The second-order valence-electron chi connectivity index (χ2n) is 4.46. The van der Waals surface area contributed by atoms with Crippen molar-refractivity contribution in [3.05, 3.63) is 5.69 Å². The third kappa shape index (κ3) is 1.79. The predicted molar refractivity (Wildman–Crippen MR) is 59.8 cm³/mol. The molecule has 3 N–H and O–H groups in total. The zero-order valence-electron chi connectivity index (χ0n) is 9.50. The number of nitrogens with zero attached hydrogens (tertiary/aromatic N) is 2. The summed E-state index contributed by atoms with van der Waals surface area (Å²) in [5, 5.41) is 7.70. The molecule has 15 heavy (non-hydrogen) atoms. The summed E-state index contributed by atoms with van der Waals surface area (Å²) in [7, 11) is 1.89. The fourth-order valence-electron chi connectivity index (χ4n) is 1.87.